The molecular formula is C12H22O15S. The molecule has 15 nitrogen and oxygen atoms in total. The van der Waals surface area contributed by atoms with E-state index in [-0.39, 0.29) is 12.6 Å². The van der Waals surface area contributed by atoms with Gasteiger partial charge in [-0.05, 0) is 6.92 Å². The molecule has 0 unspecified atom stereocenters. The highest BCUT2D eigenvalue weighted by Gasteiger charge is 2.34. The van der Waals surface area contributed by atoms with E-state index >= 15 is 0 Å². The van der Waals surface area contributed by atoms with Crippen molar-refractivity contribution in [2.24, 2.45) is 0 Å². The highest BCUT2D eigenvalue weighted by molar-refractivity contribution is 7.80. The first-order valence-electron chi connectivity index (χ1n) is 7.16. The molecule has 0 fully saturated rings. The molecule has 0 aromatic heterocycles. The summed E-state index contributed by atoms with van der Waals surface area (Å²) >= 11 is 0. The molecule has 0 saturated heterocycles. The average Bonchev–Trinajstić information content (AvgIpc) is 2.61. The van der Waals surface area contributed by atoms with Crippen LogP contribution < -0.4 is 0 Å². The lowest BCUT2D eigenvalue weighted by atomic mass is 10.0. The van der Waals surface area contributed by atoms with E-state index in [9.17, 15) is 22.8 Å². The summed E-state index contributed by atoms with van der Waals surface area (Å²) in [5, 5.41) is 70.3. The number of aldehydes is 2. The highest BCUT2D eigenvalue weighted by Crippen LogP contribution is 2.08. The van der Waals surface area contributed by atoms with Gasteiger partial charge < -0.3 is 50.4 Å². The zero-order valence-electron chi connectivity index (χ0n) is 14.2. The van der Waals surface area contributed by atoms with E-state index in [1.165, 1.54) is 0 Å². The maximum atomic E-state index is 10.3. The summed E-state index contributed by atoms with van der Waals surface area (Å²) in [5.74, 6) is -1.76. The maximum absolute atomic E-state index is 10.3. The molecule has 0 aliphatic carbocycles. The third-order valence-corrected chi connectivity index (χ3v) is 3.43. The van der Waals surface area contributed by atoms with Gasteiger partial charge in [-0.15, -0.1) is 0 Å². The molecule has 0 aliphatic heterocycles. The van der Waals surface area contributed by atoms with Gasteiger partial charge in [0.1, 0.15) is 30.5 Å². The minimum atomic E-state index is -4.92. The molecule has 0 rings (SSSR count). The fourth-order valence-corrected chi connectivity index (χ4v) is 1.84. The third-order valence-electron chi connectivity index (χ3n) is 2.96. The number of carboxylic acid groups (broad SMARTS) is 1. The number of hydrogen-bond acceptors (Lipinski definition) is 13. The van der Waals surface area contributed by atoms with Gasteiger partial charge in [0.05, 0.1) is 6.10 Å². The number of hydrogen-bond donors (Lipinski definition) is 9. The number of aliphatic carboxylic acids is 1. The summed E-state index contributed by atoms with van der Waals surface area (Å²) in [5.41, 5.74) is 0. The largest absolute Gasteiger partial charge is 0.479 e. The van der Waals surface area contributed by atoms with Crippen LogP contribution in [-0.2, 0) is 29.0 Å². The fraction of sp³-hybridized carbons (Fsp3) is 0.750. The Bertz CT molecular complexity index is 590. The van der Waals surface area contributed by atoms with Crippen molar-refractivity contribution in [1.82, 2.24) is 0 Å². The van der Waals surface area contributed by atoms with Crippen LogP contribution in [0.2, 0.25) is 0 Å². The van der Waals surface area contributed by atoms with Crippen LogP contribution in [0.4, 0.5) is 0 Å². The van der Waals surface area contributed by atoms with Crippen LogP contribution in [-0.4, -0.2) is 121 Å². The van der Waals surface area contributed by atoms with Gasteiger partial charge in [0.2, 0.25) is 0 Å². The Kier molecular flexibility index (Phi) is 13.1. The lowest BCUT2D eigenvalue weighted by molar-refractivity contribution is -0.163. The van der Waals surface area contributed by atoms with Crippen molar-refractivity contribution in [3.63, 3.8) is 0 Å². The predicted molar refractivity (Wildman–Crippen MR) is 83.9 cm³/mol. The van der Waals surface area contributed by atoms with Crippen molar-refractivity contribution >= 4 is 28.9 Å². The molecule has 9 N–H and O–H groups in total. The molecule has 0 spiro atoms. The third kappa shape index (κ3) is 10.7. The molecule has 8 atom stereocenters. The van der Waals surface area contributed by atoms with Crippen LogP contribution in [0.3, 0.4) is 0 Å². The van der Waals surface area contributed by atoms with Crippen molar-refractivity contribution in [2.45, 2.75) is 55.8 Å². The molecule has 16 heteroatoms. The lowest BCUT2D eigenvalue weighted by Crippen LogP contribution is -2.48. The second kappa shape index (κ2) is 12.8. The Morgan fingerprint density at radius 1 is 0.857 bits per heavy atom. The van der Waals surface area contributed by atoms with Crippen LogP contribution in [0.25, 0.3) is 0 Å². The Morgan fingerprint density at radius 3 is 1.61 bits per heavy atom. The second-order valence-electron chi connectivity index (χ2n) is 5.24. The normalized spacial score (nSPS) is 20.2. The molecule has 0 amide bonds. The Labute approximate surface area is 158 Å². The first-order valence-corrected chi connectivity index (χ1v) is 8.52. The fourth-order valence-electron chi connectivity index (χ4n) is 1.40. The molecule has 28 heavy (non-hydrogen) atoms. The number of carboxylic acids is 1. The zero-order chi connectivity index (χ0) is 22.8. The van der Waals surface area contributed by atoms with E-state index < -0.39 is 65.2 Å². The predicted octanol–water partition coefficient (Wildman–Crippen LogP) is -5.81. The Balaban J connectivity index is 0. The van der Waals surface area contributed by atoms with Gasteiger partial charge in [0.15, 0.2) is 24.8 Å². The van der Waals surface area contributed by atoms with Gasteiger partial charge in [0.25, 0.3) is 0 Å². The van der Waals surface area contributed by atoms with Crippen molar-refractivity contribution in [3.05, 3.63) is 0 Å². The zero-order valence-corrected chi connectivity index (χ0v) is 15.0. The molecular weight excluding hydrogens is 416 g/mol. The van der Waals surface area contributed by atoms with Gasteiger partial charge >= 0.3 is 16.4 Å². The topological polar surface area (TPSA) is 277 Å². The quantitative estimate of drug-likeness (QED) is 0.107. The smallest absolute Gasteiger partial charge is 0.398 e. The van der Waals surface area contributed by atoms with Gasteiger partial charge in [-0.25, -0.2) is 8.98 Å². The second-order valence-corrected chi connectivity index (χ2v) is 6.29. The lowest BCUT2D eigenvalue weighted by Gasteiger charge is -2.23. The van der Waals surface area contributed by atoms with Crippen LogP contribution >= 0.6 is 0 Å². The van der Waals surface area contributed by atoms with Crippen LogP contribution in [0.15, 0.2) is 0 Å². The van der Waals surface area contributed by atoms with E-state index in [0.717, 1.165) is 6.92 Å². The first-order chi connectivity index (χ1) is 12.6. The number of carbonyl (C=O) groups excluding carboxylic acids is 2. The Hall–Kier alpha value is -1.60. The molecule has 0 aliphatic rings. The van der Waals surface area contributed by atoms with Gasteiger partial charge in [-0.3, -0.25) is 4.55 Å². The summed E-state index contributed by atoms with van der Waals surface area (Å²) in [6.45, 7) is 1.11. The Morgan fingerprint density at radius 2 is 1.32 bits per heavy atom. The van der Waals surface area contributed by atoms with Crippen LogP contribution in [0.5, 0.6) is 0 Å². The molecule has 166 valence electrons. The highest BCUT2D eigenvalue weighted by atomic mass is 32.3. The van der Waals surface area contributed by atoms with Crippen molar-refractivity contribution < 1.29 is 72.4 Å². The maximum Gasteiger partial charge on any atom is 0.398 e. The van der Waals surface area contributed by atoms with Crippen molar-refractivity contribution in [3.8, 4) is 0 Å². The van der Waals surface area contributed by atoms with Gasteiger partial charge in [-0.2, -0.15) is 8.42 Å². The average molecular weight is 438 g/mol. The molecule has 0 aromatic carbocycles. The standard InChI is InChI=1S/C6H12O8S.C6H10O7/c1-3(8)5(9)6(10)4(2-7)14-15(11,12)13;7-1-2(8)3(9)4(10)5(11)6(12)13/h2-6,8-10H,1H3,(H,11,12,13);1-5,8-11H,(H,12,13)/t3-,4-,5-,6-;2-,3+,4-,5-/m10/s1. The first kappa shape index (κ1) is 28.6. The summed E-state index contributed by atoms with van der Waals surface area (Å²) < 4.78 is 32.4. The molecule has 0 bridgehead atoms. The minimum absolute atomic E-state index is 0.0809. The molecule has 0 aromatic rings. The summed E-state index contributed by atoms with van der Waals surface area (Å²) in [7, 11) is -4.92. The monoisotopic (exact) mass is 438 g/mol. The van der Waals surface area contributed by atoms with E-state index in [2.05, 4.69) is 4.18 Å². The van der Waals surface area contributed by atoms with E-state index in [0.29, 0.717) is 0 Å². The molecule has 0 saturated carbocycles. The van der Waals surface area contributed by atoms with Crippen LogP contribution in [0, 0.1) is 0 Å². The summed E-state index contributed by atoms with van der Waals surface area (Å²) in [4.78, 5) is 30.3. The van der Waals surface area contributed by atoms with Gasteiger partial charge in [0, 0.05) is 0 Å². The SMILES string of the molecule is C[C@@H](O)[C@@H](O)[C@H](O)[C@@H](C=O)OS(=O)(=O)O.O=C[C@H](O)[C@@H](O)[C@H](O)[C@H](O)C(=O)O. The number of aliphatic hydroxyl groups is 7. The van der Waals surface area contributed by atoms with E-state index in [1.807, 2.05) is 0 Å². The number of aliphatic hydroxyl groups excluding tert-OH is 7. The van der Waals surface area contributed by atoms with E-state index in [1.54, 1.807) is 0 Å². The summed E-state index contributed by atoms with van der Waals surface area (Å²) in [6, 6.07) is 0. The molecule has 0 heterocycles. The number of rotatable bonds is 11. The molecule has 0 radical (unpaired) electrons. The van der Waals surface area contributed by atoms with Crippen molar-refractivity contribution in [1.29, 1.82) is 0 Å². The minimum Gasteiger partial charge on any atom is -0.479 e. The summed E-state index contributed by atoms with van der Waals surface area (Å²) in [6.07, 6.45) is -15.6. The van der Waals surface area contributed by atoms with Crippen molar-refractivity contribution in [2.75, 3.05) is 0 Å². The van der Waals surface area contributed by atoms with Crippen LogP contribution in [0.1, 0.15) is 6.92 Å². The number of carbonyl (C=O) groups is 3. The van der Waals surface area contributed by atoms with E-state index in [4.69, 9.17) is 45.4 Å². The van der Waals surface area contributed by atoms with Gasteiger partial charge in [-0.1, -0.05) is 0 Å².